The van der Waals surface area contributed by atoms with Crippen LogP contribution < -0.4 is 0 Å². The molecule has 0 saturated carbocycles. The smallest absolute Gasteiger partial charge is 0.219 e. The maximum Gasteiger partial charge on any atom is 0.219 e. The number of aliphatic hydroxyl groups excluding tert-OH is 1. The van der Waals surface area contributed by atoms with Crippen LogP contribution in [0.3, 0.4) is 0 Å². The van der Waals surface area contributed by atoms with Crippen LogP contribution in [-0.4, -0.2) is 29.0 Å². The molecule has 0 bridgehead atoms. The predicted octanol–water partition coefficient (Wildman–Crippen LogP) is 0.681. The van der Waals surface area contributed by atoms with E-state index >= 15 is 0 Å². The molecule has 1 rings (SSSR count). The van der Waals surface area contributed by atoms with Gasteiger partial charge in [0.05, 0.1) is 5.76 Å². The number of nitrogens with zero attached hydrogens (tertiary/aromatic N) is 1. The molecule has 3 nitrogen and oxygen atoms in total. The van der Waals surface area contributed by atoms with E-state index in [1.807, 2.05) is 0 Å². The summed E-state index contributed by atoms with van der Waals surface area (Å²) in [5, 5.41) is 8.93. The van der Waals surface area contributed by atoms with Crippen molar-refractivity contribution in [2.75, 3.05) is 13.1 Å². The third kappa shape index (κ3) is 1.50. The summed E-state index contributed by atoms with van der Waals surface area (Å²) in [5.74, 6) is 0.473. The highest BCUT2D eigenvalue weighted by molar-refractivity contribution is 5.73. The lowest BCUT2D eigenvalue weighted by molar-refractivity contribution is -0.128. The summed E-state index contributed by atoms with van der Waals surface area (Å²) in [5.41, 5.74) is 0. The van der Waals surface area contributed by atoms with Crippen LogP contribution in [0.25, 0.3) is 0 Å². The van der Waals surface area contributed by atoms with Crippen LogP contribution in [0.2, 0.25) is 0 Å². The second-order valence-corrected chi connectivity index (χ2v) is 2.41. The van der Waals surface area contributed by atoms with Crippen molar-refractivity contribution in [1.29, 1.82) is 0 Å². The Labute approximate surface area is 59.9 Å². The second kappa shape index (κ2) is 2.73. The summed E-state index contributed by atoms with van der Waals surface area (Å²) in [4.78, 5) is 12.4. The van der Waals surface area contributed by atoms with E-state index in [4.69, 9.17) is 5.11 Å². The van der Waals surface area contributed by atoms with Crippen LogP contribution in [0.4, 0.5) is 0 Å². The lowest BCUT2D eigenvalue weighted by Crippen LogP contribution is -2.32. The van der Waals surface area contributed by atoms with Gasteiger partial charge in [-0.25, -0.2) is 0 Å². The molecule has 0 saturated heterocycles. The molecule has 0 fully saturated rings. The van der Waals surface area contributed by atoms with Gasteiger partial charge in [-0.2, -0.15) is 0 Å². The Morgan fingerprint density at radius 1 is 1.80 bits per heavy atom. The van der Waals surface area contributed by atoms with E-state index in [0.29, 0.717) is 25.3 Å². The molecule has 0 aromatic carbocycles. The largest absolute Gasteiger partial charge is 0.513 e. The van der Waals surface area contributed by atoms with E-state index in [-0.39, 0.29) is 5.91 Å². The van der Waals surface area contributed by atoms with Crippen LogP contribution in [0, 0.1) is 0 Å². The zero-order chi connectivity index (χ0) is 7.56. The van der Waals surface area contributed by atoms with Gasteiger partial charge in [-0.1, -0.05) is 0 Å². The topological polar surface area (TPSA) is 40.5 Å². The highest BCUT2D eigenvalue weighted by atomic mass is 16.3. The Bertz CT molecular complexity index is 174. The summed E-state index contributed by atoms with van der Waals surface area (Å²) >= 11 is 0. The summed E-state index contributed by atoms with van der Waals surface area (Å²) < 4.78 is 0. The van der Waals surface area contributed by atoms with Gasteiger partial charge in [0.25, 0.3) is 0 Å². The summed E-state index contributed by atoms with van der Waals surface area (Å²) in [6.07, 6.45) is 2.27. The Morgan fingerprint density at radius 3 is 2.90 bits per heavy atom. The molecule has 0 unspecified atom stereocenters. The quantitative estimate of drug-likeness (QED) is 0.539. The fourth-order valence-electron chi connectivity index (χ4n) is 0.944. The van der Waals surface area contributed by atoms with E-state index in [9.17, 15) is 4.79 Å². The summed E-state index contributed by atoms with van der Waals surface area (Å²) in [6.45, 7) is 2.75. The standard InChI is InChI=1S/C7H11NO2/c1-6(9)8-4-2-7(10)3-5-8/h2,10H,3-5H2,1H3. The molecule has 10 heavy (non-hydrogen) atoms. The predicted molar refractivity (Wildman–Crippen MR) is 37.6 cm³/mol. The lowest BCUT2D eigenvalue weighted by Gasteiger charge is -2.22. The van der Waals surface area contributed by atoms with Gasteiger partial charge in [0.1, 0.15) is 0 Å². The van der Waals surface area contributed by atoms with Gasteiger partial charge in [0.15, 0.2) is 0 Å². The fraction of sp³-hybridized carbons (Fsp3) is 0.571. The van der Waals surface area contributed by atoms with Crippen molar-refractivity contribution in [3.63, 3.8) is 0 Å². The summed E-state index contributed by atoms with van der Waals surface area (Å²) in [6, 6.07) is 0. The molecule has 3 heteroatoms. The molecule has 0 atom stereocenters. The number of rotatable bonds is 0. The van der Waals surface area contributed by atoms with E-state index in [0.717, 1.165) is 0 Å². The van der Waals surface area contributed by atoms with Crippen LogP contribution in [0.15, 0.2) is 11.8 Å². The van der Waals surface area contributed by atoms with Gasteiger partial charge in [0.2, 0.25) is 5.91 Å². The van der Waals surface area contributed by atoms with E-state index in [1.54, 1.807) is 11.0 Å². The first-order chi connectivity index (χ1) is 4.70. The Balaban J connectivity index is 2.50. The molecule has 1 aliphatic heterocycles. The van der Waals surface area contributed by atoms with Crippen molar-refractivity contribution in [1.82, 2.24) is 4.90 Å². The van der Waals surface area contributed by atoms with Crippen molar-refractivity contribution in [2.24, 2.45) is 0 Å². The van der Waals surface area contributed by atoms with Crippen LogP contribution >= 0.6 is 0 Å². The van der Waals surface area contributed by atoms with E-state index < -0.39 is 0 Å². The molecule has 0 aromatic heterocycles. The molecule has 0 spiro atoms. The average molecular weight is 141 g/mol. The number of carbonyl (C=O) groups excluding carboxylic acids is 1. The molecule has 0 aliphatic carbocycles. The van der Waals surface area contributed by atoms with Gasteiger partial charge in [-0.15, -0.1) is 0 Å². The molecule has 56 valence electrons. The summed E-state index contributed by atoms with van der Waals surface area (Å²) in [7, 11) is 0. The first kappa shape index (κ1) is 7.12. The van der Waals surface area contributed by atoms with Crippen molar-refractivity contribution >= 4 is 5.91 Å². The molecule has 1 amide bonds. The Hall–Kier alpha value is -0.990. The lowest BCUT2D eigenvalue weighted by atomic mass is 10.2. The normalized spacial score (nSPS) is 18.5. The van der Waals surface area contributed by atoms with Crippen molar-refractivity contribution in [2.45, 2.75) is 13.3 Å². The molecule has 1 aliphatic rings. The van der Waals surface area contributed by atoms with Crippen LogP contribution in [0.5, 0.6) is 0 Å². The average Bonchev–Trinajstić information content (AvgIpc) is 1.88. The maximum absolute atomic E-state index is 10.7. The van der Waals surface area contributed by atoms with Gasteiger partial charge < -0.3 is 10.0 Å². The molecule has 0 radical (unpaired) electrons. The highest BCUT2D eigenvalue weighted by Gasteiger charge is 2.11. The SMILES string of the molecule is CC(=O)N1CC=C(O)CC1. The first-order valence-electron chi connectivity index (χ1n) is 3.33. The van der Waals surface area contributed by atoms with E-state index in [2.05, 4.69) is 0 Å². The molecule has 0 aromatic rings. The third-order valence-electron chi connectivity index (χ3n) is 1.63. The zero-order valence-corrected chi connectivity index (χ0v) is 6.00. The monoisotopic (exact) mass is 141 g/mol. The van der Waals surface area contributed by atoms with Gasteiger partial charge in [-0.05, 0) is 6.08 Å². The second-order valence-electron chi connectivity index (χ2n) is 2.41. The third-order valence-corrected chi connectivity index (χ3v) is 1.63. The minimum atomic E-state index is 0.0729. The minimum Gasteiger partial charge on any atom is -0.513 e. The number of amides is 1. The molecular weight excluding hydrogens is 130 g/mol. The van der Waals surface area contributed by atoms with Gasteiger partial charge in [-0.3, -0.25) is 4.79 Å². The minimum absolute atomic E-state index is 0.0729. The Morgan fingerprint density at radius 2 is 2.50 bits per heavy atom. The maximum atomic E-state index is 10.7. The number of hydrogen-bond donors (Lipinski definition) is 1. The zero-order valence-electron chi connectivity index (χ0n) is 6.00. The number of hydrogen-bond acceptors (Lipinski definition) is 2. The first-order valence-corrected chi connectivity index (χ1v) is 3.33. The van der Waals surface area contributed by atoms with Crippen LogP contribution in [-0.2, 0) is 4.79 Å². The molecule has 1 N–H and O–H groups in total. The van der Waals surface area contributed by atoms with Crippen molar-refractivity contribution < 1.29 is 9.90 Å². The van der Waals surface area contributed by atoms with Crippen molar-refractivity contribution in [3.05, 3.63) is 11.8 Å². The van der Waals surface area contributed by atoms with Gasteiger partial charge >= 0.3 is 0 Å². The number of aliphatic hydroxyl groups is 1. The highest BCUT2D eigenvalue weighted by Crippen LogP contribution is 2.06. The van der Waals surface area contributed by atoms with Crippen LogP contribution in [0.1, 0.15) is 13.3 Å². The van der Waals surface area contributed by atoms with Gasteiger partial charge in [0, 0.05) is 26.4 Å². The van der Waals surface area contributed by atoms with Crippen molar-refractivity contribution in [3.8, 4) is 0 Å². The Kier molecular flexibility index (Phi) is 1.94. The van der Waals surface area contributed by atoms with E-state index in [1.165, 1.54) is 6.92 Å². The number of carbonyl (C=O) groups is 1. The molecule has 1 heterocycles. The fourth-order valence-corrected chi connectivity index (χ4v) is 0.944. The molecular formula is C7H11NO2.